The predicted molar refractivity (Wildman–Crippen MR) is 63.2 cm³/mol. The summed E-state index contributed by atoms with van der Waals surface area (Å²) in [5.74, 6) is -1.24. The summed E-state index contributed by atoms with van der Waals surface area (Å²) in [7, 11) is 0. The lowest BCUT2D eigenvalue weighted by molar-refractivity contribution is -0.385. The summed E-state index contributed by atoms with van der Waals surface area (Å²) >= 11 is 5.70. The first-order chi connectivity index (χ1) is 8.47. The average molecular weight is 273 g/mol. The van der Waals surface area contributed by atoms with Crippen LogP contribution in [0.25, 0.3) is 0 Å². The molecular weight excluding hydrogens is 263 g/mol. The maximum absolute atomic E-state index is 13.6. The Morgan fingerprint density at radius 3 is 2.67 bits per heavy atom. The van der Waals surface area contributed by atoms with Gasteiger partial charge < -0.3 is 5.32 Å². The standard InChI is InChI=1S/C11H10ClFN2O3/c12-6-11(3-4-11)14-10(16)8-2-1-7(15(17)18)5-9(8)13/h1-2,5H,3-4,6H2,(H,14,16). The molecule has 1 N–H and O–H groups in total. The van der Waals surface area contributed by atoms with Crippen LogP contribution in [-0.4, -0.2) is 22.2 Å². The number of carbonyl (C=O) groups is 1. The zero-order valence-corrected chi connectivity index (χ0v) is 10.0. The number of rotatable bonds is 4. The maximum Gasteiger partial charge on any atom is 0.272 e. The highest BCUT2D eigenvalue weighted by molar-refractivity contribution is 6.19. The van der Waals surface area contributed by atoms with Gasteiger partial charge in [-0.25, -0.2) is 4.39 Å². The van der Waals surface area contributed by atoms with Crippen molar-refractivity contribution in [2.24, 2.45) is 0 Å². The van der Waals surface area contributed by atoms with Gasteiger partial charge in [0.2, 0.25) is 0 Å². The minimum Gasteiger partial charge on any atom is -0.345 e. The van der Waals surface area contributed by atoms with Crippen LogP contribution in [0.3, 0.4) is 0 Å². The largest absolute Gasteiger partial charge is 0.345 e. The van der Waals surface area contributed by atoms with Gasteiger partial charge in [0.25, 0.3) is 11.6 Å². The van der Waals surface area contributed by atoms with Crippen LogP contribution in [0.5, 0.6) is 0 Å². The smallest absolute Gasteiger partial charge is 0.272 e. The molecule has 0 heterocycles. The molecule has 0 unspecified atom stereocenters. The van der Waals surface area contributed by atoms with E-state index in [1.165, 1.54) is 0 Å². The Balaban J connectivity index is 2.18. The molecule has 1 aliphatic rings. The molecule has 2 rings (SSSR count). The van der Waals surface area contributed by atoms with E-state index in [1.807, 2.05) is 0 Å². The molecule has 0 aromatic heterocycles. The Morgan fingerprint density at radius 1 is 1.56 bits per heavy atom. The van der Waals surface area contributed by atoms with Crippen LogP contribution >= 0.6 is 11.6 Å². The topological polar surface area (TPSA) is 72.2 Å². The molecule has 1 amide bonds. The highest BCUT2D eigenvalue weighted by Crippen LogP contribution is 2.36. The number of hydrogen-bond acceptors (Lipinski definition) is 3. The summed E-state index contributed by atoms with van der Waals surface area (Å²) in [5, 5.41) is 13.1. The zero-order chi connectivity index (χ0) is 13.3. The zero-order valence-electron chi connectivity index (χ0n) is 9.28. The molecule has 1 aliphatic carbocycles. The van der Waals surface area contributed by atoms with Crippen molar-refractivity contribution in [3.63, 3.8) is 0 Å². The molecule has 18 heavy (non-hydrogen) atoms. The third kappa shape index (κ3) is 2.43. The van der Waals surface area contributed by atoms with Crippen molar-refractivity contribution in [2.75, 3.05) is 5.88 Å². The number of nitrogens with zero attached hydrogens (tertiary/aromatic N) is 1. The Morgan fingerprint density at radius 2 is 2.22 bits per heavy atom. The molecule has 7 heteroatoms. The van der Waals surface area contributed by atoms with Crippen LogP contribution in [0.15, 0.2) is 18.2 Å². The monoisotopic (exact) mass is 272 g/mol. The number of benzene rings is 1. The molecule has 96 valence electrons. The van der Waals surface area contributed by atoms with E-state index in [9.17, 15) is 19.3 Å². The van der Waals surface area contributed by atoms with E-state index >= 15 is 0 Å². The molecule has 1 fully saturated rings. The van der Waals surface area contributed by atoms with E-state index in [-0.39, 0.29) is 17.1 Å². The van der Waals surface area contributed by atoms with Crippen LogP contribution < -0.4 is 5.32 Å². The maximum atomic E-state index is 13.6. The van der Waals surface area contributed by atoms with Crippen LogP contribution in [0, 0.1) is 15.9 Å². The fraction of sp³-hybridized carbons (Fsp3) is 0.364. The Kier molecular flexibility index (Phi) is 3.21. The van der Waals surface area contributed by atoms with E-state index < -0.39 is 22.2 Å². The van der Waals surface area contributed by atoms with Gasteiger partial charge in [0.1, 0.15) is 5.82 Å². The number of halogens is 2. The van der Waals surface area contributed by atoms with Crippen LogP contribution in [-0.2, 0) is 0 Å². The van der Waals surface area contributed by atoms with Gasteiger partial charge in [-0.3, -0.25) is 14.9 Å². The molecule has 1 saturated carbocycles. The highest BCUT2D eigenvalue weighted by atomic mass is 35.5. The van der Waals surface area contributed by atoms with Crippen molar-refractivity contribution in [1.82, 2.24) is 5.32 Å². The SMILES string of the molecule is O=C(NC1(CCl)CC1)c1ccc([N+](=O)[O-])cc1F. The minimum absolute atomic E-state index is 0.211. The van der Waals surface area contributed by atoms with Crippen molar-refractivity contribution >= 4 is 23.2 Å². The van der Waals surface area contributed by atoms with Crippen LogP contribution in [0.1, 0.15) is 23.2 Å². The summed E-state index contributed by atoms with van der Waals surface area (Å²) < 4.78 is 13.6. The number of hydrogen-bond donors (Lipinski definition) is 1. The van der Waals surface area contributed by atoms with Gasteiger partial charge in [0.05, 0.1) is 22.1 Å². The Labute approximate surface area is 107 Å². The molecule has 0 aliphatic heterocycles. The second kappa shape index (κ2) is 4.53. The molecule has 0 saturated heterocycles. The second-order valence-corrected chi connectivity index (χ2v) is 4.56. The summed E-state index contributed by atoms with van der Waals surface area (Å²) in [6.07, 6.45) is 1.52. The summed E-state index contributed by atoms with van der Waals surface area (Å²) in [6, 6.07) is 2.93. The summed E-state index contributed by atoms with van der Waals surface area (Å²) in [4.78, 5) is 21.5. The van der Waals surface area contributed by atoms with Crippen molar-refractivity contribution in [2.45, 2.75) is 18.4 Å². The van der Waals surface area contributed by atoms with Gasteiger partial charge in [0, 0.05) is 11.9 Å². The highest BCUT2D eigenvalue weighted by Gasteiger charge is 2.43. The van der Waals surface area contributed by atoms with Gasteiger partial charge in [0.15, 0.2) is 0 Å². The van der Waals surface area contributed by atoms with Gasteiger partial charge in [-0.1, -0.05) is 0 Å². The third-order valence-electron chi connectivity index (χ3n) is 2.90. The van der Waals surface area contributed by atoms with Crippen molar-refractivity contribution in [1.29, 1.82) is 0 Å². The average Bonchev–Trinajstić information content (AvgIpc) is 3.09. The summed E-state index contributed by atoms with van der Waals surface area (Å²) in [6.45, 7) is 0. The molecule has 5 nitrogen and oxygen atoms in total. The fourth-order valence-corrected chi connectivity index (χ4v) is 1.89. The molecule has 1 aromatic rings. The molecular formula is C11H10ClFN2O3. The summed E-state index contributed by atoms with van der Waals surface area (Å²) in [5.41, 5.74) is -1.04. The van der Waals surface area contributed by atoms with Crippen molar-refractivity contribution in [3.05, 3.63) is 39.7 Å². The number of non-ortho nitro benzene ring substituents is 1. The lowest BCUT2D eigenvalue weighted by Crippen LogP contribution is -2.38. The number of nitrogens with one attached hydrogen (secondary N) is 1. The molecule has 0 spiro atoms. The van der Waals surface area contributed by atoms with Gasteiger partial charge in [-0.05, 0) is 18.9 Å². The first kappa shape index (κ1) is 12.8. The Bertz CT molecular complexity index is 517. The quantitative estimate of drug-likeness (QED) is 0.519. The van der Waals surface area contributed by atoms with Crippen molar-refractivity contribution < 1.29 is 14.1 Å². The van der Waals surface area contributed by atoms with Gasteiger partial charge in [-0.2, -0.15) is 0 Å². The van der Waals surface area contributed by atoms with Gasteiger partial charge >= 0.3 is 0 Å². The lowest BCUT2D eigenvalue weighted by atomic mass is 10.1. The molecule has 0 atom stereocenters. The molecule has 1 aromatic carbocycles. The number of amides is 1. The Hall–Kier alpha value is -1.69. The molecule has 0 bridgehead atoms. The fourth-order valence-electron chi connectivity index (χ4n) is 1.55. The van der Waals surface area contributed by atoms with E-state index in [0.717, 1.165) is 31.0 Å². The van der Waals surface area contributed by atoms with Crippen molar-refractivity contribution in [3.8, 4) is 0 Å². The predicted octanol–water partition coefficient (Wildman–Crippen LogP) is 2.24. The van der Waals surface area contributed by atoms with E-state index in [0.29, 0.717) is 0 Å². The third-order valence-corrected chi connectivity index (χ3v) is 3.41. The number of nitro groups is 1. The number of nitro benzene ring substituents is 1. The van der Waals surface area contributed by atoms with E-state index in [1.54, 1.807) is 0 Å². The molecule has 0 radical (unpaired) electrons. The number of alkyl halides is 1. The number of carbonyl (C=O) groups excluding carboxylic acids is 1. The van der Waals surface area contributed by atoms with E-state index in [2.05, 4.69) is 5.32 Å². The van der Waals surface area contributed by atoms with Gasteiger partial charge in [-0.15, -0.1) is 11.6 Å². The van der Waals surface area contributed by atoms with Crippen LogP contribution in [0.2, 0.25) is 0 Å². The van der Waals surface area contributed by atoms with E-state index in [4.69, 9.17) is 11.6 Å². The van der Waals surface area contributed by atoms with Crippen LogP contribution in [0.4, 0.5) is 10.1 Å². The second-order valence-electron chi connectivity index (χ2n) is 4.29. The minimum atomic E-state index is -0.910. The first-order valence-electron chi connectivity index (χ1n) is 5.30. The normalized spacial score (nSPS) is 16.1. The first-order valence-corrected chi connectivity index (χ1v) is 5.83. The lowest BCUT2D eigenvalue weighted by Gasteiger charge is -2.14.